The SMILES string of the molecule is CCOC1CCN(c2cccc(C(=O)O)n2)CC1. The Morgan fingerprint density at radius 1 is 1.50 bits per heavy atom. The van der Waals surface area contributed by atoms with Crippen LogP contribution < -0.4 is 4.90 Å². The molecule has 98 valence electrons. The van der Waals surface area contributed by atoms with Crippen LogP contribution in [-0.4, -0.2) is 41.9 Å². The van der Waals surface area contributed by atoms with Gasteiger partial charge in [0.25, 0.3) is 0 Å². The smallest absolute Gasteiger partial charge is 0.354 e. The second-order valence-electron chi connectivity index (χ2n) is 4.33. The molecule has 0 radical (unpaired) electrons. The summed E-state index contributed by atoms with van der Waals surface area (Å²) >= 11 is 0. The van der Waals surface area contributed by atoms with E-state index in [0.717, 1.165) is 38.4 Å². The zero-order chi connectivity index (χ0) is 13.0. The number of nitrogens with zero attached hydrogens (tertiary/aromatic N) is 2. The van der Waals surface area contributed by atoms with Crippen molar-refractivity contribution in [3.8, 4) is 0 Å². The molecule has 0 unspecified atom stereocenters. The van der Waals surface area contributed by atoms with Gasteiger partial charge in [-0.15, -0.1) is 0 Å². The Kier molecular flexibility index (Phi) is 4.15. The number of hydrogen-bond acceptors (Lipinski definition) is 4. The third kappa shape index (κ3) is 2.98. The maximum Gasteiger partial charge on any atom is 0.354 e. The third-order valence-corrected chi connectivity index (χ3v) is 3.12. The van der Waals surface area contributed by atoms with Crippen molar-refractivity contribution in [1.29, 1.82) is 0 Å². The van der Waals surface area contributed by atoms with Crippen LogP contribution in [0.3, 0.4) is 0 Å². The van der Waals surface area contributed by atoms with E-state index in [2.05, 4.69) is 9.88 Å². The molecule has 18 heavy (non-hydrogen) atoms. The van der Waals surface area contributed by atoms with Gasteiger partial charge in [0.15, 0.2) is 5.69 Å². The zero-order valence-corrected chi connectivity index (χ0v) is 10.5. The first-order chi connectivity index (χ1) is 8.70. The summed E-state index contributed by atoms with van der Waals surface area (Å²) in [4.78, 5) is 17.1. The quantitative estimate of drug-likeness (QED) is 0.882. The molecule has 1 aromatic heterocycles. The van der Waals surface area contributed by atoms with Crippen molar-refractivity contribution in [3.63, 3.8) is 0 Å². The molecule has 0 aromatic carbocycles. The maximum atomic E-state index is 10.9. The number of hydrogen-bond donors (Lipinski definition) is 1. The fourth-order valence-corrected chi connectivity index (χ4v) is 2.21. The van der Waals surface area contributed by atoms with Gasteiger partial charge >= 0.3 is 5.97 Å². The third-order valence-electron chi connectivity index (χ3n) is 3.12. The summed E-state index contributed by atoms with van der Waals surface area (Å²) < 4.78 is 5.59. The van der Waals surface area contributed by atoms with Crippen molar-refractivity contribution in [2.45, 2.75) is 25.9 Å². The first kappa shape index (κ1) is 12.8. The molecule has 1 saturated heterocycles. The van der Waals surface area contributed by atoms with Gasteiger partial charge in [-0.05, 0) is 31.9 Å². The molecule has 1 aliphatic rings. The average molecular weight is 250 g/mol. The lowest BCUT2D eigenvalue weighted by Crippen LogP contribution is -2.37. The van der Waals surface area contributed by atoms with Crippen LogP contribution in [0.5, 0.6) is 0 Å². The van der Waals surface area contributed by atoms with Crippen LogP contribution in [0.2, 0.25) is 0 Å². The van der Waals surface area contributed by atoms with Gasteiger partial charge in [0.2, 0.25) is 0 Å². The van der Waals surface area contributed by atoms with Crippen LogP contribution in [-0.2, 0) is 4.74 Å². The highest BCUT2D eigenvalue weighted by molar-refractivity contribution is 5.85. The molecule has 0 saturated carbocycles. The summed E-state index contributed by atoms with van der Waals surface area (Å²) in [7, 11) is 0. The van der Waals surface area contributed by atoms with Gasteiger partial charge in [0.05, 0.1) is 6.10 Å². The van der Waals surface area contributed by atoms with Gasteiger partial charge in [-0.2, -0.15) is 0 Å². The van der Waals surface area contributed by atoms with Gasteiger partial charge in [-0.25, -0.2) is 9.78 Å². The average Bonchev–Trinajstić information content (AvgIpc) is 2.40. The van der Waals surface area contributed by atoms with Crippen molar-refractivity contribution in [2.24, 2.45) is 0 Å². The van der Waals surface area contributed by atoms with Gasteiger partial charge in [-0.1, -0.05) is 6.07 Å². The lowest BCUT2D eigenvalue weighted by Gasteiger charge is -2.32. The van der Waals surface area contributed by atoms with Crippen LogP contribution in [0.25, 0.3) is 0 Å². The minimum atomic E-state index is -0.985. The predicted molar refractivity (Wildman–Crippen MR) is 68.1 cm³/mol. The number of carboxylic acid groups (broad SMARTS) is 1. The van der Waals surface area contributed by atoms with E-state index in [0.29, 0.717) is 6.10 Å². The summed E-state index contributed by atoms with van der Waals surface area (Å²) in [6.07, 6.45) is 2.26. The van der Waals surface area contributed by atoms with Gasteiger partial charge in [-0.3, -0.25) is 0 Å². The Balaban J connectivity index is 2.01. The molecular weight excluding hydrogens is 232 g/mol. The first-order valence-corrected chi connectivity index (χ1v) is 6.27. The fraction of sp³-hybridized carbons (Fsp3) is 0.538. The maximum absolute atomic E-state index is 10.9. The standard InChI is InChI=1S/C13H18N2O3/c1-2-18-10-6-8-15(9-7-10)12-5-3-4-11(14-12)13(16)17/h3-5,10H,2,6-9H2,1H3,(H,16,17). The van der Waals surface area contributed by atoms with Crippen LogP contribution >= 0.6 is 0 Å². The van der Waals surface area contributed by atoms with Crippen molar-refractivity contribution in [3.05, 3.63) is 23.9 Å². The highest BCUT2D eigenvalue weighted by Crippen LogP contribution is 2.19. The van der Waals surface area contributed by atoms with E-state index in [1.165, 1.54) is 6.07 Å². The lowest BCUT2D eigenvalue weighted by molar-refractivity contribution is 0.0458. The molecule has 1 fully saturated rings. The highest BCUT2D eigenvalue weighted by Gasteiger charge is 2.20. The van der Waals surface area contributed by atoms with Crippen molar-refractivity contribution in [2.75, 3.05) is 24.6 Å². The normalized spacial score (nSPS) is 16.8. The van der Waals surface area contributed by atoms with E-state index >= 15 is 0 Å². The highest BCUT2D eigenvalue weighted by atomic mass is 16.5. The largest absolute Gasteiger partial charge is 0.477 e. The number of pyridine rings is 1. The number of aromatic carboxylic acids is 1. The number of anilines is 1. The number of carboxylic acids is 1. The molecule has 1 N–H and O–H groups in total. The second-order valence-corrected chi connectivity index (χ2v) is 4.33. The van der Waals surface area contributed by atoms with Crippen molar-refractivity contribution < 1.29 is 14.6 Å². The fourth-order valence-electron chi connectivity index (χ4n) is 2.21. The lowest BCUT2D eigenvalue weighted by atomic mass is 10.1. The molecule has 5 nitrogen and oxygen atoms in total. The topological polar surface area (TPSA) is 62.7 Å². The zero-order valence-electron chi connectivity index (χ0n) is 10.5. The summed E-state index contributed by atoms with van der Waals surface area (Å²) in [5.41, 5.74) is 0.0967. The van der Waals surface area contributed by atoms with Crippen molar-refractivity contribution >= 4 is 11.8 Å². The van der Waals surface area contributed by atoms with E-state index in [-0.39, 0.29) is 5.69 Å². The number of ether oxygens (including phenoxy) is 1. The number of rotatable bonds is 4. The van der Waals surface area contributed by atoms with Crippen LogP contribution in [0.1, 0.15) is 30.3 Å². The van der Waals surface area contributed by atoms with Crippen LogP contribution in [0.4, 0.5) is 5.82 Å². The minimum Gasteiger partial charge on any atom is -0.477 e. The van der Waals surface area contributed by atoms with Gasteiger partial charge in [0.1, 0.15) is 5.82 Å². The Hall–Kier alpha value is -1.62. The molecule has 0 spiro atoms. The molecule has 0 atom stereocenters. The van der Waals surface area contributed by atoms with Crippen LogP contribution in [0, 0.1) is 0 Å². The molecular formula is C13H18N2O3. The van der Waals surface area contributed by atoms with E-state index in [1.807, 2.05) is 13.0 Å². The molecule has 2 heterocycles. The van der Waals surface area contributed by atoms with E-state index in [9.17, 15) is 4.79 Å². The monoisotopic (exact) mass is 250 g/mol. The summed E-state index contributed by atoms with van der Waals surface area (Å²) in [5, 5.41) is 8.92. The molecule has 0 bridgehead atoms. The van der Waals surface area contributed by atoms with Gasteiger partial charge in [0, 0.05) is 19.7 Å². The van der Waals surface area contributed by atoms with E-state index < -0.39 is 5.97 Å². The number of piperidine rings is 1. The number of aromatic nitrogens is 1. The Bertz CT molecular complexity index is 414. The summed E-state index contributed by atoms with van der Waals surface area (Å²) in [6.45, 7) is 4.48. The Labute approximate surface area is 106 Å². The van der Waals surface area contributed by atoms with Gasteiger partial charge < -0.3 is 14.7 Å². The molecule has 0 amide bonds. The van der Waals surface area contributed by atoms with E-state index in [4.69, 9.17) is 9.84 Å². The second kappa shape index (κ2) is 5.82. The van der Waals surface area contributed by atoms with Crippen molar-refractivity contribution in [1.82, 2.24) is 4.98 Å². The summed E-state index contributed by atoms with van der Waals surface area (Å²) in [5.74, 6) is -0.245. The molecule has 1 aromatic rings. The first-order valence-electron chi connectivity index (χ1n) is 6.27. The van der Waals surface area contributed by atoms with Crippen LogP contribution in [0.15, 0.2) is 18.2 Å². The Morgan fingerprint density at radius 2 is 2.22 bits per heavy atom. The van der Waals surface area contributed by atoms with E-state index in [1.54, 1.807) is 6.07 Å². The molecule has 0 aliphatic carbocycles. The number of carbonyl (C=O) groups is 1. The molecule has 5 heteroatoms. The Morgan fingerprint density at radius 3 is 2.83 bits per heavy atom. The molecule has 2 rings (SSSR count). The minimum absolute atomic E-state index is 0.0967. The summed E-state index contributed by atoms with van der Waals surface area (Å²) in [6, 6.07) is 5.10. The molecule has 1 aliphatic heterocycles. The predicted octanol–water partition coefficient (Wildman–Crippen LogP) is 1.79.